The van der Waals surface area contributed by atoms with Crippen LogP contribution in [-0.2, 0) is 24.3 Å². The van der Waals surface area contributed by atoms with Gasteiger partial charge in [-0.2, -0.15) is 0 Å². The van der Waals surface area contributed by atoms with Crippen molar-refractivity contribution >= 4 is 5.91 Å². The van der Waals surface area contributed by atoms with Crippen LogP contribution in [0.3, 0.4) is 0 Å². The summed E-state index contributed by atoms with van der Waals surface area (Å²) in [5.74, 6) is 1.03. The molecule has 0 bridgehead atoms. The molecule has 2 heterocycles. The molecule has 1 atom stereocenters. The molecule has 4 nitrogen and oxygen atoms in total. The quantitative estimate of drug-likeness (QED) is 0.767. The van der Waals surface area contributed by atoms with E-state index in [0.717, 1.165) is 12.1 Å². The molecule has 1 aliphatic heterocycles. The van der Waals surface area contributed by atoms with E-state index in [-0.39, 0.29) is 17.8 Å². The summed E-state index contributed by atoms with van der Waals surface area (Å²) in [4.78, 5) is 14.7. The average molecular weight is 364 g/mol. The predicted molar refractivity (Wildman–Crippen MR) is 101 cm³/mol. The molecule has 138 valence electrons. The van der Waals surface area contributed by atoms with Crippen LogP contribution in [0, 0.1) is 5.82 Å². The van der Waals surface area contributed by atoms with Gasteiger partial charge in [-0.1, -0.05) is 24.3 Å². The monoisotopic (exact) mass is 364 g/mol. The Balaban J connectivity index is 1.39. The van der Waals surface area contributed by atoms with Gasteiger partial charge in [0, 0.05) is 12.1 Å². The van der Waals surface area contributed by atoms with Crippen molar-refractivity contribution in [2.45, 2.75) is 25.6 Å². The Bertz CT molecular complexity index is 949. The number of amides is 1. The van der Waals surface area contributed by atoms with E-state index in [4.69, 9.17) is 4.42 Å². The summed E-state index contributed by atoms with van der Waals surface area (Å²) in [7, 11) is 1.97. The molecule has 0 saturated carbocycles. The zero-order valence-electron chi connectivity index (χ0n) is 15.1. The van der Waals surface area contributed by atoms with Crippen molar-refractivity contribution < 1.29 is 13.6 Å². The van der Waals surface area contributed by atoms with Gasteiger partial charge in [-0.3, -0.25) is 9.69 Å². The predicted octanol–water partition coefficient (Wildman–Crippen LogP) is 3.76. The molecule has 0 spiro atoms. The van der Waals surface area contributed by atoms with Crippen LogP contribution < -0.4 is 5.32 Å². The standard InChI is InChI=1S/C22H21FN2O2/c1-25-14-17-5-3-2-4-16(17)12-20(25)22(26)24-13-19-10-11-21(27-19)15-6-8-18(23)9-7-15/h2-11,20H,12-14H2,1H3,(H,24,26). The fourth-order valence-electron chi connectivity index (χ4n) is 3.48. The number of furan rings is 1. The van der Waals surface area contributed by atoms with Gasteiger partial charge in [-0.05, 0) is 61.0 Å². The smallest absolute Gasteiger partial charge is 0.238 e. The molecule has 1 aromatic heterocycles. The second-order valence-electron chi connectivity index (χ2n) is 6.89. The normalized spacial score (nSPS) is 16.7. The van der Waals surface area contributed by atoms with Gasteiger partial charge in [0.25, 0.3) is 0 Å². The highest BCUT2D eigenvalue weighted by molar-refractivity contribution is 5.82. The largest absolute Gasteiger partial charge is 0.459 e. The maximum atomic E-state index is 13.0. The van der Waals surface area contributed by atoms with E-state index in [0.29, 0.717) is 24.5 Å². The third-order valence-electron chi connectivity index (χ3n) is 5.01. The van der Waals surface area contributed by atoms with Gasteiger partial charge >= 0.3 is 0 Å². The Morgan fingerprint density at radius 1 is 1.11 bits per heavy atom. The van der Waals surface area contributed by atoms with Gasteiger partial charge in [-0.25, -0.2) is 4.39 Å². The van der Waals surface area contributed by atoms with Crippen LogP contribution in [0.4, 0.5) is 4.39 Å². The van der Waals surface area contributed by atoms with E-state index in [1.165, 1.54) is 23.3 Å². The number of nitrogens with zero attached hydrogens (tertiary/aromatic N) is 1. The molecule has 5 heteroatoms. The lowest BCUT2D eigenvalue weighted by molar-refractivity contribution is -0.126. The fraction of sp³-hybridized carbons (Fsp3) is 0.227. The first-order valence-electron chi connectivity index (χ1n) is 8.99. The van der Waals surface area contributed by atoms with Crippen molar-refractivity contribution in [1.82, 2.24) is 10.2 Å². The lowest BCUT2D eigenvalue weighted by atomic mass is 9.94. The molecule has 0 radical (unpaired) electrons. The number of hydrogen-bond donors (Lipinski definition) is 1. The first-order chi connectivity index (χ1) is 13.1. The molecule has 0 fully saturated rings. The number of carbonyl (C=O) groups is 1. The Kier molecular flexibility index (Phi) is 4.77. The van der Waals surface area contributed by atoms with Gasteiger partial charge in [0.15, 0.2) is 0 Å². The van der Waals surface area contributed by atoms with E-state index in [1.807, 2.05) is 31.3 Å². The van der Waals surface area contributed by atoms with Crippen molar-refractivity contribution in [1.29, 1.82) is 0 Å². The zero-order chi connectivity index (χ0) is 18.8. The Morgan fingerprint density at radius 2 is 1.85 bits per heavy atom. The van der Waals surface area contributed by atoms with E-state index >= 15 is 0 Å². The summed E-state index contributed by atoms with van der Waals surface area (Å²) in [6, 6.07) is 17.9. The number of halogens is 1. The molecule has 0 saturated heterocycles. The highest BCUT2D eigenvalue weighted by Gasteiger charge is 2.28. The molecule has 1 amide bonds. The molecular weight excluding hydrogens is 343 g/mol. The Morgan fingerprint density at radius 3 is 2.63 bits per heavy atom. The third kappa shape index (κ3) is 3.78. The molecule has 27 heavy (non-hydrogen) atoms. The van der Waals surface area contributed by atoms with Crippen LogP contribution in [0.15, 0.2) is 65.1 Å². The van der Waals surface area contributed by atoms with Gasteiger partial charge in [-0.15, -0.1) is 0 Å². The van der Waals surface area contributed by atoms with Crippen LogP contribution in [-0.4, -0.2) is 23.9 Å². The van der Waals surface area contributed by atoms with E-state index in [2.05, 4.69) is 22.3 Å². The lowest BCUT2D eigenvalue weighted by Crippen LogP contribution is -2.48. The van der Waals surface area contributed by atoms with Crippen LogP contribution >= 0.6 is 0 Å². The molecule has 1 unspecified atom stereocenters. The van der Waals surface area contributed by atoms with Gasteiger partial charge in [0.1, 0.15) is 17.3 Å². The first kappa shape index (κ1) is 17.5. The summed E-state index contributed by atoms with van der Waals surface area (Å²) in [5, 5.41) is 2.97. The Labute approximate surface area is 157 Å². The number of benzene rings is 2. The minimum Gasteiger partial charge on any atom is -0.459 e. The van der Waals surface area contributed by atoms with E-state index < -0.39 is 0 Å². The van der Waals surface area contributed by atoms with Crippen molar-refractivity contribution in [3.8, 4) is 11.3 Å². The summed E-state index contributed by atoms with van der Waals surface area (Å²) in [5.41, 5.74) is 3.31. The average Bonchev–Trinajstić information content (AvgIpc) is 3.15. The number of hydrogen-bond acceptors (Lipinski definition) is 3. The van der Waals surface area contributed by atoms with E-state index in [1.54, 1.807) is 12.1 Å². The second-order valence-corrected chi connectivity index (χ2v) is 6.89. The number of likely N-dealkylation sites (N-methyl/N-ethyl adjacent to an activating group) is 1. The number of nitrogens with one attached hydrogen (secondary N) is 1. The summed E-state index contributed by atoms with van der Waals surface area (Å²) in [6.45, 7) is 1.09. The molecule has 1 N–H and O–H groups in total. The molecule has 4 rings (SSSR count). The summed E-state index contributed by atoms with van der Waals surface area (Å²) >= 11 is 0. The molecular formula is C22H21FN2O2. The minimum absolute atomic E-state index is 0.00765. The van der Waals surface area contributed by atoms with Crippen LogP contribution in [0.5, 0.6) is 0 Å². The molecule has 3 aromatic rings. The minimum atomic E-state index is -0.282. The fourth-order valence-corrected chi connectivity index (χ4v) is 3.48. The van der Waals surface area contributed by atoms with Crippen LogP contribution in [0.1, 0.15) is 16.9 Å². The van der Waals surface area contributed by atoms with Gasteiger partial charge < -0.3 is 9.73 Å². The third-order valence-corrected chi connectivity index (χ3v) is 5.01. The lowest BCUT2D eigenvalue weighted by Gasteiger charge is -2.32. The number of rotatable bonds is 4. The van der Waals surface area contributed by atoms with Crippen molar-refractivity contribution in [2.24, 2.45) is 0 Å². The zero-order valence-corrected chi connectivity index (χ0v) is 15.1. The highest BCUT2D eigenvalue weighted by atomic mass is 19.1. The topological polar surface area (TPSA) is 45.5 Å². The maximum Gasteiger partial charge on any atom is 0.238 e. The Hall–Kier alpha value is -2.92. The second kappa shape index (κ2) is 7.37. The highest BCUT2D eigenvalue weighted by Crippen LogP contribution is 2.24. The van der Waals surface area contributed by atoms with Crippen LogP contribution in [0.25, 0.3) is 11.3 Å². The van der Waals surface area contributed by atoms with Gasteiger partial charge in [0.05, 0.1) is 12.6 Å². The number of carbonyl (C=O) groups excluding carboxylic acids is 1. The van der Waals surface area contributed by atoms with Crippen molar-refractivity contribution in [2.75, 3.05) is 7.05 Å². The summed E-state index contributed by atoms with van der Waals surface area (Å²) < 4.78 is 18.8. The number of fused-ring (bicyclic) bond motifs is 1. The van der Waals surface area contributed by atoms with Crippen LogP contribution in [0.2, 0.25) is 0 Å². The SMILES string of the molecule is CN1Cc2ccccc2CC1C(=O)NCc1ccc(-c2ccc(F)cc2)o1. The maximum absolute atomic E-state index is 13.0. The molecule has 1 aliphatic rings. The molecule has 0 aliphatic carbocycles. The van der Waals surface area contributed by atoms with Crippen molar-refractivity contribution in [3.05, 3.63) is 83.4 Å². The van der Waals surface area contributed by atoms with Crippen molar-refractivity contribution in [3.63, 3.8) is 0 Å². The van der Waals surface area contributed by atoms with E-state index in [9.17, 15) is 9.18 Å². The first-order valence-corrected chi connectivity index (χ1v) is 8.99. The molecule has 2 aromatic carbocycles. The summed E-state index contributed by atoms with van der Waals surface area (Å²) in [6.07, 6.45) is 0.706. The van der Waals surface area contributed by atoms with Gasteiger partial charge in [0.2, 0.25) is 5.91 Å².